The average molecular weight is 355 g/mol. The van der Waals surface area contributed by atoms with E-state index in [2.05, 4.69) is 9.80 Å². The second-order valence-corrected chi connectivity index (χ2v) is 7.97. The Balaban J connectivity index is 1.59. The molecule has 2 aliphatic rings. The monoisotopic (exact) mass is 354 g/mol. The van der Waals surface area contributed by atoms with Crippen LogP contribution in [0.15, 0.2) is 0 Å². The highest BCUT2D eigenvalue weighted by Gasteiger charge is 2.26. The highest BCUT2D eigenvalue weighted by molar-refractivity contribution is 5.73. The topological polar surface area (TPSA) is 64.0 Å². The highest BCUT2D eigenvalue weighted by Crippen LogP contribution is 2.23. The molecular formula is C20H38N2O3. The molecule has 0 aromatic heterocycles. The molecule has 2 unspecified atom stereocenters. The summed E-state index contributed by atoms with van der Waals surface area (Å²) in [6.07, 6.45) is 12.1. The third-order valence-corrected chi connectivity index (χ3v) is 6.04. The summed E-state index contributed by atoms with van der Waals surface area (Å²) in [5, 5.41) is 19.2. The zero-order chi connectivity index (χ0) is 18.1. The van der Waals surface area contributed by atoms with E-state index in [-0.39, 0.29) is 24.7 Å². The Kier molecular flexibility index (Phi) is 9.21. The van der Waals surface area contributed by atoms with E-state index in [4.69, 9.17) is 0 Å². The van der Waals surface area contributed by atoms with Crippen molar-refractivity contribution in [3.8, 4) is 0 Å². The molecule has 2 rings (SSSR count). The summed E-state index contributed by atoms with van der Waals surface area (Å²) in [5.41, 5.74) is 0. The van der Waals surface area contributed by atoms with Crippen LogP contribution in [0, 0.1) is 0 Å². The van der Waals surface area contributed by atoms with Gasteiger partial charge in [0.15, 0.2) is 0 Å². The van der Waals surface area contributed by atoms with Gasteiger partial charge in [0.25, 0.3) is 0 Å². The van der Waals surface area contributed by atoms with E-state index in [1.807, 2.05) is 0 Å². The van der Waals surface area contributed by atoms with Crippen molar-refractivity contribution in [1.29, 1.82) is 0 Å². The molecule has 2 fully saturated rings. The van der Waals surface area contributed by atoms with Gasteiger partial charge in [0.1, 0.15) is 0 Å². The van der Waals surface area contributed by atoms with E-state index in [0.717, 1.165) is 45.3 Å². The van der Waals surface area contributed by atoms with Crippen molar-refractivity contribution in [2.75, 3.05) is 26.2 Å². The Morgan fingerprint density at radius 2 is 1.80 bits per heavy atom. The molecule has 5 heteroatoms. The van der Waals surface area contributed by atoms with Crippen LogP contribution < -0.4 is 0 Å². The Labute approximate surface area is 153 Å². The lowest BCUT2D eigenvalue weighted by Crippen LogP contribution is -2.46. The van der Waals surface area contributed by atoms with E-state index in [1.54, 1.807) is 6.92 Å². The fraction of sp³-hybridized carbons (Fsp3) is 0.950. The van der Waals surface area contributed by atoms with E-state index in [9.17, 15) is 15.0 Å². The van der Waals surface area contributed by atoms with Crippen molar-refractivity contribution in [2.24, 2.45) is 0 Å². The van der Waals surface area contributed by atoms with Crippen LogP contribution in [-0.2, 0) is 4.79 Å². The standard InChI is InChI=1S/C20H38N2O3/c1-17(24)22(18-9-5-4-6-10-18)13-8-3-2-7-12-21-14-11-20(25)15-19(21)16-23/h18-20,23,25H,2-16H2,1H3. The zero-order valence-corrected chi connectivity index (χ0v) is 16.0. The minimum Gasteiger partial charge on any atom is -0.395 e. The predicted octanol–water partition coefficient (Wildman–Crippen LogP) is 2.55. The van der Waals surface area contributed by atoms with Crippen molar-refractivity contribution in [3.63, 3.8) is 0 Å². The molecule has 2 N–H and O–H groups in total. The SMILES string of the molecule is CC(=O)N(CCCCCCN1CCC(O)CC1CO)C1CCCCC1. The maximum absolute atomic E-state index is 11.9. The smallest absolute Gasteiger partial charge is 0.219 e. The van der Waals surface area contributed by atoms with Crippen LogP contribution in [0.4, 0.5) is 0 Å². The third kappa shape index (κ3) is 6.87. The number of piperidine rings is 1. The first-order valence-corrected chi connectivity index (χ1v) is 10.4. The van der Waals surface area contributed by atoms with E-state index in [0.29, 0.717) is 12.5 Å². The van der Waals surface area contributed by atoms with Crippen molar-refractivity contribution in [2.45, 2.75) is 95.7 Å². The Morgan fingerprint density at radius 3 is 2.48 bits per heavy atom. The second-order valence-electron chi connectivity index (χ2n) is 7.97. The summed E-state index contributed by atoms with van der Waals surface area (Å²) in [6.45, 7) is 4.68. The van der Waals surface area contributed by atoms with Gasteiger partial charge in [0.05, 0.1) is 12.7 Å². The second kappa shape index (κ2) is 11.1. The first-order chi connectivity index (χ1) is 12.1. The molecular weight excluding hydrogens is 316 g/mol. The van der Waals surface area contributed by atoms with Gasteiger partial charge in [-0.1, -0.05) is 32.1 Å². The van der Waals surface area contributed by atoms with E-state index >= 15 is 0 Å². The molecule has 2 atom stereocenters. The predicted molar refractivity (Wildman–Crippen MR) is 100 cm³/mol. The Morgan fingerprint density at radius 1 is 1.08 bits per heavy atom. The molecule has 1 amide bonds. The molecule has 0 aromatic rings. The van der Waals surface area contributed by atoms with E-state index < -0.39 is 0 Å². The summed E-state index contributed by atoms with van der Waals surface area (Å²) >= 11 is 0. The van der Waals surface area contributed by atoms with Crippen LogP contribution >= 0.6 is 0 Å². The van der Waals surface area contributed by atoms with Gasteiger partial charge in [-0.05, 0) is 45.1 Å². The normalized spacial score (nSPS) is 25.9. The van der Waals surface area contributed by atoms with Gasteiger partial charge in [-0.2, -0.15) is 0 Å². The van der Waals surface area contributed by atoms with E-state index in [1.165, 1.54) is 38.5 Å². The van der Waals surface area contributed by atoms with Gasteiger partial charge < -0.3 is 15.1 Å². The lowest BCUT2D eigenvalue weighted by Gasteiger charge is -2.37. The fourth-order valence-electron chi connectivity index (χ4n) is 4.50. The number of amides is 1. The van der Waals surface area contributed by atoms with Gasteiger partial charge in [-0.15, -0.1) is 0 Å². The molecule has 0 radical (unpaired) electrons. The maximum atomic E-state index is 11.9. The number of aliphatic hydroxyl groups excluding tert-OH is 2. The third-order valence-electron chi connectivity index (χ3n) is 6.04. The molecule has 1 saturated carbocycles. The van der Waals surface area contributed by atoms with Crippen molar-refractivity contribution >= 4 is 5.91 Å². The Hall–Kier alpha value is -0.650. The summed E-state index contributed by atoms with van der Waals surface area (Å²) < 4.78 is 0. The maximum Gasteiger partial charge on any atom is 0.219 e. The first kappa shape index (κ1) is 20.7. The molecule has 1 heterocycles. The molecule has 0 bridgehead atoms. The number of aliphatic hydroxyl groups is 2. The molecule has 1 aliphatic heterocycles. The van der Waals surface area contributed by atoms with Gasteiger partial charge in [0.2, 0.25) is 5.91 Å². The fourth-order valence-corrected chi connectivity index (χ4v) is 4.50. The number of carbonyl (C=O) groups excluding carboxylic acids is 1. The molecule has 0 spiro atoms. The number of rotatable bonds is 9. The number of unbranched alkanes of at least 4 members (excludes halogenated alkanes) is 3. The van der Waals surface area contributed by atoms with Gasteiger partial charge >= 0.3 is 0 Å². The quantitative estimate of drug-likeness (QED) is 0.625. The van der Waals surface area contributed by atoms with Crippen molar-refractivity contribution in [1.82, 2.24) is 9.80 Å². The van der Waals surface area contributed by atoms with Crippen LogP contribution in [-0.4, -0.2) is 70.3 Å². The van der Waals surface area contributed by atoms with Gasteiger partial charge in [-0.25, -0.2) is 0 Å². The Bertz CT molecular complexity index is 385. The lowest BCUT2D eigenvalue weighted by molar-refractivity contribution is -0.131. The van der Waals surface area contributed by atoms with Crippen LogP contribution in [0.3, 0.4) is 0 Å². The van der Waals surface area contributed by atoms with Crippen LogP contribution in [0.2, 0.25) is 0 Å². The molecule has 1 saturated heterocycles. The van der Waals surface area contributed by atoms with Crippen molar-refractivity contribution in [3.05, 3.63) is 0 Å². The van der Waals surface area contributed by atoms with Crippen LogP contribution in [0.25, 0.3) is 0 Å². The van der Waals surface area contributed by atoms with Crippen LogP contribution in [0.1, 0.15) is 77.6 Å². The zero-order valence-electron chi connectivity index (χ0n) is 16.0. The molecule has 0 aromatic carbocycles. The van der Waals surface area contributed by atoms with Crippen molar-refractivity contribution < 1.29 is 15.0 Å². The van der Waals surface area contributed by atoms with Gasteiger partial charge in [0, 0.05) is 32.1 Å². The summed E-state index contributed by atoms with van der Waals surface area (Å²) in [4.78, 5) is 16.4. The number of carbonyl (C=O) groups is 1. The van der Waals surface area contributed by atoms with Crippen LogP contribution in [0.5, 0.6) is 0 Å². The summed E-state index contributed by atoms with van der Waals surface area (Å²) in [6, 6.07) is 0.611. The minimum atomic E-state index is -0.245. The molecule has 1 aliphatic carbocycles. The lowest BCUT2D eigenvalue weighted by atomic mass is 9.94. The minimum absolute atomic E-state index is 0.128. The number of hydrogen-bond donors (Lipinski definition) is 2. The number of hydrogen-bond acceptors (Lipinski definition) is 4. The van der Waals surface area contributed by atoms with Gasteiger partial charge in [-0.3, -0.25) is 9.69 Å². The molecule has 146 valence electrons. The highest BCUT2D eigenvalue weighted by atomic mass is 16.3. The first-order valence-electron chi connectivity index (χ1n) is 10.4. The molecule has 5 nitrogen and oxygen atoms in total. The largest absolute Gasteiger partial charge is 0.395 e. The summed E-state index contributed by atoms with van der Waals surface area (Å²) in [7, 11) is 0. The summed E-state index contributed by atoms with van der Waals surface area (Å²) in [5.74, 6) is 0.240. The molecule has 25 heavy (non-hydrogen) atoms. The number of likely N-dealkylation sites (tertiary alicyclic amines) is 1. The average Bonchev–Trinajstić information content (AvgIpc) is 2.62. The number of nitrogens with zero attached hydrogens (tertiary/aromatic N) is 2.